The summed E-state index contributed by atoms with van der Waals surface area (Å²) in [5.74, 6) is 5.20. The summed E-state index contributed by atoms with van der Waals surface area (Å²) in [6.07, 6.45) is 1.95. The Kier molecular flexibility index (Phi) is 25.4. The Morgan fingerprint density at radius 1 is 0.835 bits per heavy atom. The quantitative estimate of drug-likeness (QED) is 0.0146. The number of para-hydroxylation sites is 1. The molecule has 0 saturated carbocycles. The number of carbonyl (C=O) groups is 2. The number of hydrogen-bond acceptors (Lipinski definition) is 17. The molecule has 0 spiro atoms. The van der Waals surface area contributed by atoms with Crippen molar-refractivity contribution in [2.75, 3.05) is 71.3 Å². The van der Waals surface area contributed by atoms with Gasteiger partial charge in [0.25, 0.3) is 18.4 Å². The largest absolute Gasteiger partial charge is 0.491 e. The molecule has 3 aromatic heterocycles. The number of benzene rings is 4. The summed E-state index contributed by atoms with van der Waals surface area (Å²) in [4.78, 5) is 42.9. The Balaban J connectivity index is 1.21. The molecule has 0 saturated heterocycles. The molecule has 3 heterocycles. The first-order valence-electron chi connectivity index (χ1n) is 30.7. The van der Waals surface area contributed by atoms with Crippen LogP contribution in [-0.4, -0.2) is 149 Å². The van der Waals surface area contributed by atoms with Crippen molar-refractivity contribution < 1.29 is 50.3 Å². The van der Waals surface area contributed by atoms with Gasteiger partial charge in [0, 0.05) is 51.4 Å². The van der Waals surface area contributed by atoms with Crippen molar-refractivity contribution in [2.45, 2.75) is 136 Å². The standard InChI is InChI=1S/C67H89FN8O10S3Si2/c1-49-46-59(71-72-61(49)70-64-76(48-83-43-45-90(11,12)13)55-32-20-21-33-57(55)87-64)75(63-69-60(62(77)82-10)58(88-63)34-24-42-84-56-36-35-50(47-54(56)68)26-22-39-74(9)65(78)85-66(2,3)4)40-23-27-51(37-41-73(8)38-25-44-89(79,80)81)86-91(67(5,6)7,52-28-16-14-17-29-52)53-30-18-15-19-31-53/h14-21,28-33,35-36,46-47,51H,23-25,27,34,37-45,48H2,1-13H3,(H,79,80,81)/b70-64-. The molecular weight excluding hydrogens is 1250 g/mol. The lowest BCUT2D eigenvalue weighted by atomic mass is 10.1. The van der Waals surface area contributed by atoms with Crippen LogP contribution in [0.4, 0.5) is 26.0 Å². The number of ether oxygens (including phenoxy) is 4. The summed E-state index contributed by atoms with van der Waals surface area (Å²) in [7, 11) is -3.71. The number of rotatable bonds is 30. The molecule has 4 aromatic carbocycles. The second-order valence-electron chi connectivity index (χ2n) is 25.9. The van der Waals surface area contributed by atoms with Gasteiger partial charge in [-0.2, -0.15) is 13.4 Å². The molecule has 7 aromatic rings. The highest BCUT2D eigenvalue weighted by molar-refractivity contribution is 7.85. The van der Waals surface area contributed by atoms with Crippen LogP contribution in [0.25, 0.3) is 10.2 Å². The van der Waals surface area contributed by atoms with E-state index in [1.54, 1.807) is 45.2 Å². The summed E-state index contributed by atoms with van der Waals surface area (Å²) >= 11 is 2.88. The molecule has 1 atom stereocenters. The average Bonchev–Trinajstić information content (AvgIpc) is 1.52. The first kappa shape index (κ1) is 71.8. The summed E-state index contributed by atoms with van der Waals surface area (Å²) in [5.41, 5.74) is 1.66. The minimum absolute atomic E-state index is 0.0406. The highest BCUT2D eigenvalue weighted by Gasteiger charge is 2.51. The van der Waals surface area contributed by atoms with E-state index in [-0.39, 0.29) is 47.9 Å². The molecular formula is C67H89FN8O10S3Si2. The number of methoxy groups -OCH3 is 1. The molecule has 0 aliphatic heterocycles. The van der Waals surface area contributed by atoms with Gasteiger partial charge >= 0.3 is 12.1 Å². The van der Waals surface area contributed by atoms with E-state index < -0.39 is 50.0 Å². The van der Waals surface area contributed by atoms with Crippen LogP contribution in [0.1, 0.15) is 100 Å². The number of halogens is 1. The minimum Gasteiger partial charge on any atom is -0.491 e. The van der Waals surface area contributed by atoms with Gasteiger partial charge in [0.05, 0.1) is 36.2 Å². The summed E-state index contributed by atoms with van der Waals surface area (Å²) in [6, 6.07) is 36.5. The molecule has 1 amide bonds. The Labute approximate surface area is 546 Å². The topological polar surface area (TPSA) is 200 Å². The van der Waals surface area contributed by atoms with Gasteiger partial charge in [-0.05, 0) is 143 Å². The van der Waals surface area contributed by atoms with Crippen LogP contribution in [0, 0.1) is 24.6 Å². The number of aromatic nitrogens is 4. The highest BCUT2D eigenvalue weighted by atomic mass is 32.2. The number of amides is 1. The molecule has 0 fully saturated rings. The van der Waals surface area contributed by atoms with E-state index in [2.05, 4.69) is 122 Å². The van der Waals surface area contributed by atoms with E-state index in [1.807, 2.05) is 49.2 Å². The third-order valence-electron chi connectivity index (χ3n) is 15.0. The van der Waals surface area contributed by atoms with Gasteiger partial charge in [-0.15, -0.1) is 21.5 Å². The van der Waals surface area contributed by atoms with Crippen LogP contribution in [0.15, 0.2) is 114 Å². The van der Waals surface area contributed by atoms with Crippen molar-refractivity contribution >= 4 is 98.6 Å². The van der Waals surface area contributed by atoms with E-state index in [0.29, 0.717) is 92.3 Å². The summed E-state index contributed by atoms with van der Waals surface area (Å²) < 4.78 is 82.3. The second-order valence-corrected chi connectivity index (χ2v) is 39.4. The monoisotopic (exact) mass is 1340 g/mol. The first-order chi connectivity index (χ1) is 43.0. The minimum atomic E-state index is -4.12. The van der Waals surface area contributed by atoms with Crippen LogP contribution in [-0.2, 0) is 41.9 Å². The SMILES string of the molecule is COC(=O)c1nc(N(CCCC(CCN(C)CCCS(=O)(=O)O)O[Si](c2ccccc2)(c2ccccc2)C(C)(C)C)c2cc(C)c(/N=c3\sc4ccccc4n3COCC[Si](C)(C)C)nn2)sc1CCCOc1ccc(C#CCN(C)C(=O)OC(C)(C)C)cc1F. The maximum Gasteiger partial charge on any atom is 0.410 e. The van der Waals surface area contributed by atoms with Gasteiger partial charge in [-0.1, -0.05) is 136 Å². The fourth-order valence-corrected chi connectivity index (χ4v) is 18.3. The van der Waals surface area contributed by atoms with Crippen molar-refractivity contribution in [3.63, 3.8) is 0 Å². The number of nitrogens with zero attached hydrogens (tertiary/aromatic N) is 8. The Morgan fingerprint density at radius 3 is 2.14 bits per heavy atom. The van der Waals surface area contributed by atoms with Crippen LogP contribution in [0.2, 0.25) is 30.7 Å². The van der Waals surface area contributed by atoms with Crippen molar-refractivity contribution in [1.82, 2.24) is 29.5 Å². The third-order valence-corrected chi connectivity index (χ3v) is 24.8. The van der Waals surface area contributed by atoms with E-state index in [4.69, 9.17) is 43.5 Å². The van der Waals surface area contributed by atoms with Gasteiger partial charge < -0.3 is 38.1 Å². The van der Waals surface area contributed by atoms with E-state index in [1.165, 1.54) is 35.5 Å². The van der Waals surface area contributed by atoms with Crippen LogP contribution in [0.3, 0.4) is 0 Å². The number of hydrogen-bond donors (Lipinski definition) is 1. The maximum absolute atomic E-state index is 15.5. The summed E-state index contributed by atoms with van der Waals surface area (Å²) in [6.45, 7) is 23.6. The molecule has 0 aliphatic carbocycles. The van der Waals surface area contributed by atoms with Crippen LogP contribution >= 0.6 is 22.7 Å². The highest BCUT2D eigenvalue weighted by Crippen LogP contribution is 2.39. The zero-order chi connectivity index (χ0) is 66.2. The van der Waals surface area contributed by atoms with Gasteiger partial charge in [-0.3, -0.25) is 9.12 Å². The molecule has 18 nitrogen and oxygen atoms in total. The molecule has 24 heteroatoms. The number of carbonyl (C=O) groups excluding carboxylic acids is 2. The van der Waals surface area contributed by atoms with Gasteiger partial charge in [0.15, 0.2) is 38.8 Å². The zero-order valence-corrected chi connectivity index (χ0v) is 59.3. The van der Waals surface area contributed by atoms with E-state index in [9.17, 15) is 22.6 Å². The Bertz CT molecular complexity index is 3760. The van der Waals surface area contributed by atoms with Crippen molar-refractivity contribution in [2.24, 2.45) is 4.99 Å². The molecule has 91 heavy (non-hydrogen) atoms. The first-order valence-corrected chi connectivity index (χ1v) is 39.6. The van der Waals surface area contributed by atoms with Gasteiger partial charge in [0.1, 0.15) is 12.3 Å². The lowest BCUT2D eigenvalue weighted by Gasteiger charge is -2.45. The van der Waals surface area contributed by atoms with Gasteiger partial charge in [-0.25, -0.2) is 19.0 Å². The predicted octanol–water partition coefficient (Wildman–Crippen LogP) is 12.4. The van der Waals surface area contributed by atoms with Crippen molar-refractivity contribution in [1.29, 1.82) is 0 Å². The smallest absolute Gasteiger partial charge is 0.410 e. The second kappa shape index (κ2) is 32.3. The molecule has 490 valence electrons. The normalized spacial score (nSPS) is 12.9. The molecule has 1 N–H and O–H groups in total. The molecule has 7 rings (SSSR count). The molecule has 1 unspecified atom stereocenters. The number of esters is 1. The molecule has 0 bridgehead atoms. The third kappa shape index (κ3) is 20.9. The maximum atomic E-state index is 15.5. The molecule has 0 aliphatic rings. The van der Waals surface area contributed by atoms with Crippen molar-refractivity contribution in [3.05, 3.63) is 142 Å². The van der Waals surface area contributed by atoms with E-state index >= 15 is 4.39 Å². The number of fused-ring (bicyclic) bond motifs is 1. The zero-order valence-electron chi connectivity index (χ0n) is 54.9. The van der Waals surface area contributed by atoms with E-state index in [0.717, 1.165) is 37.0 Å². The lowest BCUT2D eigenvalue weighted by Crippen LogP contribution is -2.67. The number of aryl methyl sites for hydroxylation is 2. The fraction of sp³-hybridized carbons (Fsp3) is 0.463. The fourth-order valence-electron chi connectivity index (χ4n) is 10.2. The lowest BCUT2D eigenvalue weighted by molar-refractivity contribution is 0.0320. The van der Waals surface area contributed by atoms with Gasteiger partial charge in [0.2, 0.25) is 0 Å². The Morgan fingerprint density at radius 2 is 1.52 bits per heavy atom. The number of anilines is 2. The predicted molar refractivity (Wildman–Crippen MR) is 367 cm³/mol. The van der Waals surface area contributed by atoms with Crippen molar-refractivity contribution in [3.8, 4) is 17.6 Å². The van der Waals surface area contributed by atoms with Crippen LogP contribution in [0.5, 0.6) is 5.75 Å². The van der Waals surface area contributed by atoms with Crippen LogP contribution < -0.4 is 24.8 Å². The molecule has 0 radical (unpaired) electrons. The number of thiazole rings is 2. The summed E-state index contributed by atoms with van der Waals surface area (Å²) in [5, 5.41) is 12.1. The average molecular weight is 1340 g/mol. The Hall–Kier alpha value is -6.67.